The van der Waals surface area contributed by atoms with E-state index in [9.17, 15) is 5.11 Å². The second-order valence-electron chi connectivity index (χ2n) is 6.82. The van der Waals surface area contributed by atoms with E-state index in [1.54, 1.807) is 17.1 Å². The maximum Gasteiger partial charge on any atom is 0.0981 e. The van der Waals surface area contributed by atoms with E-state index < -0.39 is 5.60 Å². The lowest BCUT2D eigenvalue weighted by Gasteiger charge is -2.22. The predicted octanol–water partition coefficient (Wildman–Crippen LogP) is 1.16. The Hall–Kier alpha value is -2.51. The van der Waals surface area contributed by atoms with Crippen molar-refractivity contribution in [2.24, 2.45) is 0 Å². The lowest BCUT2D eigenvalue weighted by atomic mass is 10.0. The Morgan fingerprint density at radius 2 is 1.96 bits per heavy atom. The minimum absolute atomic E-state index is 0.483. The number of β-amino-alcohol motifs (C(OH)–C–C–N with tert-alkyl or cyclic N) is 1. The molecule has 1 N–H and O–H groups in total. The third kappa shape index (κ3) is 3.94. The van der Waals surface area contributed by atoms with Gasteiger partial charge in [0.25, 0.3) is 0 Å². The second kappa shape index (κ2) is 6.78. The quantitative estimate of drug-likeness (QED) is 0.730. The number of hydrogen-bond donors (Lipinski definition) is 1. The average molecular weight is 338 g/mol. The molecule has 0 saturated carbocycles. The zero-order valence-electron chi connectivity index (χ0n) is 14.1. The third-order valence-corrected chi connectivity index (χ3v) is 4.62. The lowest BCUT2D eigenvalue weighted by Crippen LogP contribution is -2.37. The van der Waals surface area contributed by atoms with Gasteiger partial charge in [-0.1, -0.05) is 35.5 Å². The monoisotopic (exact) mass is 338 g/mol. The van der Waals surface area contributed by atoms with Crippen LogP contribution in [0.3, 0.4) is 0 Å². The second-order valence-corrected chi connectivity index (χ2v) is 6.82. The molecule has 0 amide bonds. The summed E-state index contributed by atoms with van der Waals surface area (Å²) in [5.41, 5.74) is 1.66. The van der Waals surface area contributed by atoms with Crippen LogP contribution >= 0.6 is 0 Å². The van der Waals surface area contributed by atoms with E-state index in [-0.39, 0.29) is 0 Å². The van der Waals surface area contributed by atoms with Crippen molar-refractivity contribution in [2.45, 2.75) is 31.7 Å². The van der Waals surface area contributed by atoms with E-state index in [4.69, 9.17) is 0 Å². The molecule has 1 unspecified atom stereocenters. The number of aromatic nitrogens is 5. The summed E-state index contributed by atoms with van der Waals surface area (Å²) in [6.07, 6.45) is 8.16. The molecule has 1 aromatic carbocycles. The smallest absolute Gasteiger partial charge is 0.0981 e. The van der Waals surface area contributed by atoms with Crippen molar-refractivity contribution >= 4 is 0 Å². The molecule has 0 spiro atoms. The van der Waals surface area contributed by atoms with E-state index in [0.717, 1.165) is 26.1 Å². The molecule has 1 atom stereocenters. The molecule has 1 aliphatic heterocycles. The highest BCUT2D eigenvalue weighted by Crippen LogP contribution is 2.24. The van der Waals surface area contributed by atoms with Gasteiger partial charge in [-0.2, -0.15) is 5.10 Å². The first-order valence-electron chi connectivity index (χ1n) is 8.53. The van der Waals surface area contributed by atoms with Gasteiger partial charge in [0.15, 0.2) is 0 Å². The fourth-order valence-electron chi connectivity index (χ4n) is 3.43. The van der Waals surface area contributed by atoms with Gasteiger partial charge in [0, 0.05) is 37.6 Å². The Kier molecular flexibility index (Phi) is 4.33. The topological polar surface area (TPSA) is 72.0 Å². The lowest BCUT2D eigenvalue weighted by molar-refractivity contribution is 0.0274. The van der Waals surface area contributed by atoms with Gasteiger partial charge in [-0.3, -0.25) is 9.58 Å². The fourth-order valence-corrected chi connectivity index (χ4v) is 3.43. The van der Waals surface area contributed by atoms with Gasteiger partial charge in [0.05, 0.1) is 31.1 Å². The van der Waals surface area contributed by atoms with Gasteiger partial charge in [-0.05, 0) is 12.0 Å². The minimum Gasteiger partial charge on any atom is -0.387 e. The largest absolute Gasteiger partial charge is 0.387 e. The van der Waals surface area contributed by atoms with Crippen molar-refractivity contribution in [3.63, 3.8) is 0 Å². The van der Waals surface area contributed by atoms with Gasteiger partial charge in [-0.25, -0.2) is 4.68 Å². The van der Waals surface area contributed by atoms with Crippen molar-refractivity contribution in [3.05, 3.63) is 66.2 Å². The molecule has 0 radical (unpaired) electrons. The van der Waals surface area contributed by atoms with Crippen LogP contribution in [0.5, 0.6) is 0 Å². The number of aliphatic hydroxyl groups is 1. The maximum absolute atomic E-state index is 10.8. The molecule has 7 nitrogen and oxygen atoms in total. The summed E-state index contributed by atoms with van der Waals surface area (Å²) < 4.78 is 3.66. The van der Waals surface area contributed by atoms with Crippen LogP contribution in [0.2, 0.25) is 0 Å². The molecule has 0 bridgehead atoms. The summed E-state index contributed by atoms with van der Waals surface area (Å²) >= 11 is 0. The first kappa shape index (κ1) is 16.0. The highest BCUT2D eigenvalue weighted by atomic mass is 16.3. The third-order valence-electron chi connectivity index (χ3n) is 4.62. The Labute approximate surface area is 146 Å². The van der Waals surface area contributed by atoms with Crippen LogP contribution in [0.25, 0.3) is 0 Å². The standard InChI is InChI=1S/C18H22N6O/c25-18(15-23-9-7-19-21-23)6-8-22(14-18)11-17-10-20-24(13-17)12-16-4-2-1-3-5-16/h1-5,7,9-10,13,25H,6,8,11-12,14-15H2. The molecule has 3 aromatic rings. The van der Waals surface area contributed by atoms with Crippen molar-refractivity contribution in [3.8, 4) is 0 Å². The van der Waals surface area contributed by atoms with Crippen LogP contribution in [-0.2, 0) is 19.6 Å². The van der Waals surface area contributed by atoms with E-state index in [1.807, 2.05) is 29.1 Å². The van der Waals surface area contributed by atoms with Gasteiger partial charge < -0.3 is 5.11 Å². The highest BCUT2D eigenvalue weighted by molar-refractivity contribution is 5.15. The van der Waals surface area contributed by atoms with Gasteiger partial charge in [0.1, 0.15) is 0 Å². The minimum atomic E-state index is -0.742. The fraction of sp³-hybridized carbons (Fsp3) is 0.389. The van der Waals surface area contributed by atoms with Crippen LogP contribution in [0, 0.1) is 0 Å². The molecule has 7 heteroatoms. The SMILES string of the molecule is OC1(Cn2ccnn2)CCN(Cc2cnn(Cc3ccccc3)c2)C1. The molecule has 1 fully saturated rings. The zero-order valence-corrected chi connectivity index (χ0v) is 14.1. The van der Waals surface area contributed by atoms with Crippen LogP contribution in [0.1, 0.15) is 17.5 Å². The molecular weight excluding hydrogens is 316 g/mol. The Balaban J connectivity index is 1.34. The molecule has 1 aliphatic rings. The number of hydrogen-bond acceptors (Lipinski definition) is 5. The summed E-state index contributed by atoms with van der Waals surface area (Å²) in [5, 5.41) is 23.0. The van der Waals surface area contributed by atoms with Crippen molar-refractivity contribution in [2.75, 3.05) is 13.1 Å². The maximum atomic E-state index is 10.8. The van der Waals surface area contributed by atoms with Crippen molar-refractivity contribution in [1.82, 2.24) is 29.7 Å². The molecule has 1 saturated heterocycles. The number of likely N-dealkylation sites (tertiary alicyclic amines) is 1. The van der Waals surface area contributed by atoms with Crippen LogP contribution in [-0.4, -0.2) is 53.5 Å². The van der Waals surface area contributed by atoms with Gasteiger partial charge in [-0.15, -0.1) is 5.10 Å². The predicted molar refractivity (Wildman–Crippen MR) is 92.6 cm³/mol. The molecule has 3 heterocycles. The number of rotatable bonds is 6. The molecule has 4 rings (SSSR count). The van der Waals surface area contributed by atoms with Crippen LogP contribution in [0.15, 0.2) is 55.1 Å². The summed E-state index contributed by atoms with van der Waals surface area (Å²) in [5.74, 6) is 0. The van der Waals surface area contributed by atoms with Crippen molar-refractivity contribution < 1.29 is 5.11 Å². The molecule has 2 aromatic heterocycles. The van der Waals surface area contributed by atoms with Gasteiger partial charge >= 0.3 is 0 Å². The highest BCUT2D eigenvalue weighted by Gasteiger charge is 2.36. The average Bonchev–Trinajstić information content (AvgIpc) is 3.33. The summed E-state index contributed by atoms with van der Waals surface area (Å²) in [6, 6.07) is 10.3. The molecule has 25 heavy (non-hydrogen) atoms. The number of benzene rings is 1. The first-order valence-corrected chi connectivity index (χ1v) is 8.53. The molecule has 0 aliphatic carbocycles. The first-order chi connectivity index (χ1) is 12.2. The van der Waals surface area contributed by atoms with E-state index in [1.165, 1.54) is 11.1 Å². The van der Waals surface area contributed by atoms with Crippen LogP contribution < -0.4 is 0 Å². The van der Waals surface area contributed by atoms with E-state index in [0.29, 0.717) is 13.1 Å². The van der Waals surface area contributed by atoms with E-state index >= 15 is 0 Å². The zero-order chi connectivity index (χ0) is 17.1. The van der Waals surface area contributed by atoms with E-state index in [2.05, 4.69) is 38.6 Å². The molecular formula is C18H22N6O. The summed E-state index contributed by atoms with van der Waals surface area (Å²) in [6.45, 7) is 3.56. The summed E-state index contributed by atoms with van der Waals surface area (Å²) in [7, 11) is 0. The van der Waals surface area contributed by atoms with Gasteiger partial charge in [0.2, 0.25) is 0 Å². The Morgan fingerprint density at radius 3 is 2.76 bits per heavy atom. The van der Waals surface area contributed by atoms with Crippen LogP contribution in [0.4, 0.5) is 0 Å². The number of nitrogens with zero attached hydrogens (tertiary/aromatic N) is 6. The Morgan fingerprint density at radius 1 is 1.08 bits per heavy atom. The normalized spacial score (nSPS) is 21.0. The van der Waals surface area contributed by atoms with Crippen molar-refractivity contribution in [1.29, 1.82) is 0 Å². The summed E-state index contributed by atoms with van der Waals surface area (Å²) in [4.78, 5) is 2.26. The Bertz CT molecular complexity index is 800. The molecule has 130 valence electrons.